The monoisotopic (exact) mass is 346 g/mol. The molecule has 0 spiro atoms. The van der Waals surface area contributed by atoms with Crippen molar-refractivity contribution in [2.24, 2.45) is 5.92 Å². The van der Waals surface area contributed by atoms with E-state index in [4.69, 9.17) is 9.47 Å². The predicted octanol–water partition coefficient (Wildman–Crippen LogP) is 3.01. The topological polar surface area (TPSA) is 72.8 Å². The van der Waals surface area contributed by atoms with Gasteiger partial charge in [0.1, 0.15) is 12.2 Å². The van der Waals surface area contributed by atoms with E-state index in [2.05, 4.69) is 6.58 Å². The second kappa shape index (κ2) is 7.83. The van der Waals surface area contributed by atoms with E-state index in [0.29, 0.717) is 24.0 Å². The molecule has 0 aromatic carbocycles. The zero-order valence-electron chi connectivity index (χ0n) is 15.2. The minimum Gasteiger partial charge on any atom is -0.458 e. The molecule has 2 rings (SSSR count). The van der Waals surface area contributed by atoms with Gasteiger partial charge in [0.2, 0.25) is 0 Å². The van der Waals surface area contributed by atoms with Crippen molar-refractivity contribution in [3.05, 3.63) is 47.1 Å². The van der Waals surface area contributed by atoms with E-state index < -0.39 is 36.2 Å². The van der Waals surface area contributed by atoms with Gasteiger partial charge in [0.05, 0.1) is 12.0 Å². The Labute approximate surface area is 148 Å². The number of hydrogen-bond acceptors (Lipinski definition) is 5. The van der Waals surface area contributed by atoms with E-state index in [-0.39, 0.29) is 0 Å². The van der Waals surface area contributed by atoms with Crippen LogP contribution >= 0.6 is 0 Å². The number of carbonyl (C=O) groups excluding carboxylic acids is 2. The molecule has 1 aliphatic carbocycles. The van der Waals surface area contributed by atoms with Gasteiger partial charge in [0.15, 0.2) is 0 Å². The van der Waals surface area contributed by atoms with Crippen molar-refractivity contribution < 1.29 is 24.2 Å². The van der Waals surface area contributed by atoms with Crippen molar-refractivity contribution in [2.45, 2.75) is 58.8 Å². The van der Waals surface area contributed by atoms with E-state index in [0.717, 1.165) is 11.1 Å². The number of rotatable bonds is 2. The first kappa shape index (κ1) is 19.2. The summed E-state index contributed by atoms with van der Waals surface area (Å²) in [5.41, 5.74) is 2.62. The molecule has 136 valence electrons. The van der Waals surface area contributed by atoms with Crippen LogP contribution in [-0.4, -0.2) is 35.4 Å². The van der Waals surface area contributed by atoms with Crippen LogP contribution < -0.4 is 0 Å². The Morgan fingerprint density at radius 1 is 1.32 bits per heavy atom. The van der Waals surface area contributed by atoms with Gasteiger partial charge in [-0.2, -0.15) is 0 Å². The first-order chi connectivity index (χ1) is 11.7. The Bertz CT molecular complexity index is 668. The number of carbonyl (C=O) groups is 2. The number of fused-ring (bicyclic) bond motifs is 1. The average molecular weight is 346 g/mol. The molecule has 5 heteroatoms. The highest BCUT2D eigenvalue weighted by molar-refractivity contribution is 5.92. The zero-order chi connectivity index (χ0) is 18.7. The second-order valence-electron chi connectivity index (χ2n) is 6.84. The first-order valence-corrected chi connectivity index (χ1v) is 8.49. The van der Waals surface area contributed by atoms with E-state index in [1.54, 1.807) is 26.0 Å². The maximum Gasteiger partial charge on any atom is 0.334 e. The molecule has 0 radical (unpaired) electrons. The molecule has 4 atom stereocenters. The lowest BCUT2D eigenvalue weighted by Crippen LogP contribution is -2.34. The van der Waals surface area contributed by atoms with Crippen LogP contribution in [0.2, 0.25) is 0 Å². The number of esters is 2. The summed E-state index contributed by atoms with van der Waals surface area (Å²) in [6.45, 7) is 11.1. The van der Waals surface area contributed by atoms with Gasteiger partial charge in [0.25, 0.3) is 0 Å². The summed E-state index contributed by atoms with van der Waals surface area (Å²) in [5.74, 6) is -1.33. The largest absolute Gasteiger partial charge is 0.458 e. The molecule has 25 heavy (non-hydrogen) atoms. The lowest BCUT2D eigenvalue weighted by atomic mass is 9.85. The molecular weight excluding hydrogens is 320 g/mol. The van der Waals surface area contributed by atoms with Crippen molar-refractivity contribution in [2.75, 3.05) is 0 Å². The lowest BCUT2D eigenvalue weighted by molar-refractivity contribution is -0.147. The van der Waals surface area contributed by atoms with Crippen molar-refractivity contribution in [1.29, 1.82) is 0 Å². The predicted molar refractivity (Wildman–Crippen MR) is 94.6 cm³/mol. The Balaban J connectivity index is 2.42. The summed E-state index contributed by atoms with van der Waals surface area (Å²) in [5, 5.41) is 10.2. The third kappa shape index (κ3) is 4.48. The van der Waals surface area contributed by atoms with E-state index >= 15 is 0 Å². The van der Waals surface area contributed by atoms with Gasteiger partial charge in [-0.1, -0.05) is 29.9 Å². The molecule has 1 fully saturated rings. The molecule has 0 bridgehead atoms. The fourth-order valence-electron chi connectivity index (χ4n) is 3.22. The fourth-order valence-corrected chi connectivity index (χ4v) is 3.22. The summed E-state index contributed by atoms with van der Waals surface area (Å²) >= 11 is 0. The number of allylic oxidation sites excluding steroid dienone is 1. The van der Waals surface area contributed by atoms with Crippen molar-refractivity contribution >= 4 is 11.9 Å². The van der Waals surface area contributed by atoms with Gasteiger partial charge >= 0.3 is 11.9 Å². The third-order valence-electron chi connectivity index (χ3n) is 4.66. The quantitative estimate of drug-likeness (QED) is 0.473. The van der Waals surface area contributed by atoms with Gasteiger partial charge in [-0.3, -0.25) is 0 Å². The molecular formula is C20H26O5. The summed E-state index contributed by atoms with van der Waals surface area (Å²) in [4.78, 5) is 24.3. The number of ether oxygens (including phenoxy) is 2. The number of hydrogen-bond donors (Lipinski definition) is 1. The van der Waals surface area contributed by atoms with Crippen LogP contribution in [0.25, 0.3) is 0 Å². The van der Waals surface area contributed by atoms with Crippen molar-refractivity contribution in [3.8, 4) is 0 Å². The van der Waals surface area contributed by atoms with Crippen molar-refractivity contribution in [1.82, 2.24) is 0 Å². The van der Waals surface area contributed by atoms with Crippen LogP contribution in [0.3, 0.4) is 0 Å². The molecule has 0 aromatic rings. The van der Waals surface area contributed by atoms with Gasteiger partial charge in [-0.05, 0) is 40.2 Å². The van der Waals surface area contributed by atoms with Gasteiger partial charge in [-0.25, -0.2) is 9.59 Å². The minimum atomic E-state index is -0.623. The van der Waals surface area contributed by atoms with E-state index in [1.807, 2.05) is 19.9 Å². The molecule has 1 saturated heterocycles. The molecule has 1 heterocycles. The molecule has 0 aromatic heterocycles. The molecule has 1 N–H and O–H groups in total. The molecule has 0 saturated carbocycles. The fraction of sp³-hybridized carbons (Fsp3) is 0.500. The summed E-state index contributed by atoms with van der Waals surface area (Å²) in [6.07, 6.45) is 4.39. The van der Waals surface area contributed by atoms with Crippen LogP contribution in [0.5, 0.6) is 0 Å². The SMILES string of the molecule is C=C1C(=O)O[C@@H]2/C=C(\C)C[C@H](O)/C=C(\C)C[C@@H](OC(=O)/C(C)=C/C)[C@@H]12. The molecule has 0 amide bonds. The lowest BCUT2D eigenvalue weighted by Gasteiger charge is -2.28. The number of aliphatic hydroxyl groups is 1. The smallest absolute Gasteiger partial charge is 0.334 e. The highest BCUT2D eigenvalue weighted by Crippen LogP contribution is 2.36. The average Bonchev–Trinajstić information content (AvgIpc) is 2.78. The van der Waals surface area contributed by atoms with Gasteiger partial charge < -0.3 is 14.6 Å². The molecule has 5 nitrogen and oxygen atoms in total. The normalized spacial score (nSPS) is 35.0. The van der Waals surface area contributed by atoms with Gasteiger partial charge in [-0.15, -0.1) is 0 Å². The van der Waals surface area contributed by atoms with Crippen LogP contribution in [0, 0.1) is 5.92 Å². The summed E-state index contributed by atoms with van der Waals surface area (Å²) in [6, 6.07) is 0. The van der Waals surface area contributed by atoms with E-state index in [9.17, 15) is 14.7 Å². The van der Waals surface area contributed by atoms with Crippen LogP contribution in [0.4, 0.5) is 0 Å². The highest BCUT2D eigenvalue weighted by atomic mass is 16.6. The second-order valence-corrected chi connectivity index (χ2v) is 6.84. The minimum absolute atomic E-state index is 0.318. The maximum absolute atomic E-state index is 12.3. The first-order valence-electron chi connectivity index (χ1n) is 8.49. The Morgan fingerprint density at radius 3 is 2.60 bits per heavy atom. The Morgan fingerprint density at radius 2 is 1.96 bits per heavy atom. The molecule has 0 unspecified atom stereocenters. The standard InChI is InChI=1S/C20H26O5/c1-6-13(4)19(22)24-16-9-11(2)7-15(21)8-12(3)10-17-18(16)14(5)20(23)25-17/h6-7,10,15-18,21H,5,8-9H2,1-4H3/b11-7+,12-10+,13-6+/t15-,16-,17-,18-/m1/s1. The summed E-state index contributed by atoms with van der Waals surface area (Å²) in [7, 11) is 0. The zero-order valence-corrected chi connectivity index (χ0v) is 15.2. The Hall–Kier alpha value is -2.14. The third-order valence-corrected chi connectivity index (χ3v) is 4.66. The maximum atomic E-state index is 12.3. The van der Waals surface area contributed by atoms with Crippen LogP contribution in [0.15, 0.2) is 47.1 Å². The van der Waals surface area contributed by atoms with Crippen molar-refractivity contribution in [3.63, 3.8) is 0 Å². The molecule has 1 aliphatic heterocycles. The van der Waals surface area contributed by atoms with Crippen LogP contribution in [-0.2, 0) is 19.1 Å². The Kier molecular flexibility index (Phi) is 6.01. The summed E-state index contributed by atoms with van der Waals surface area (Å²) < 4.78 is 11.1. The van der Waals surface area contributed by atoms with E-state index in [1.165, 1.54) is 0 Å². The van der Waals surface area contributed by atoms with Gasteiger partial charge in [0, 0.05) is 17.6 Å². The number of aliphatic hydroxyl groups excluding tert-OH is 1. The highest BCUT2D eigenvalue weighted by Gasteiger charge is 2.44. The van der Waals surface area contributed by atoms with Crippen LogP contribution in [0.1, 0.15) is 40.5 Å². The molecule has 2 aliphatic rings.